The third kappa shape index (κ3) is 3.00. The van der Waals surface area contributed by atoms with E-state index >= 15 is 0 Å². The minimum atomic E-state index is -0.249. The van der Waals surface area contributed by atoms with Crippen molar-refractivity contribution >= 4 is 0 Å². The number of rotatable bonds is 4. The van der Waals surface area contributed by atoms with E-state index in [4.69, 9.17) is 4.74 Å². The maximum Gasteiger partial charge on any atom is 0.179 e. The first kappa shape index (κ1) is 13.2. The number of nitrogens with zero attached hydrogens (tertiary/aromatic N) is 1. The number of hydrogen-bond acceptors (Lipinski definition) is 3. The Hall–Kier alpha value is -1.84. The molecule has 1 fully saturated rings. The van der Waals surface area contributed by atoms with Gasteiger partial charge in [0.25, 0.3) is 0 Å². The molecule has 2 aromatic rings. The highest BCUT2D eigenvalue weighted by Gasteiger charge is 2.29. The Balaban J connectivity index is 1.84. The molecule has 1 aliphatic heterocycles. The van der Waals surface area contributed by atoms with Gasteiger partial charge in [-0.15, -0.1) is 0 Å². The van der Waals surface area contributed by atoms with Crippen molar-refractivity contribution in [2.45, 2.75) is 18.8 Å². The van der Waals surface area contributed by atoms with Gasteiger partial charge in [0.15, 0.2) is 6.23 Å². The number of aliphatic hydroxyl groups is 1. The molecule has 2 unspecified atom stereocenters. The van der Waals surface area contributed by atoms with E-state index < -0.39 is 0 Å². The van der Waals surface area contributed by atoms with Crippen molar-refractivity contribution in [2.75, 3.05) is 13.1 Å². The summed E-state index contributed by atoms with van der Waals surface area (Å²) < 4.78 is 6.15. The monoisotopic (exact) mass is 269 g/mol. The summed E-state index contributed by atoms with van der Waals surface area (Å²) in [5.41, 5.74) is 1.12. The standard InChI is InChI=1S/C17H19NO2/c19-15-11-12-18(13-15)17(14-7-3-1-4-8-14)20-16-9-5-2-6-10-16/h1-10,15,17,19H,11-13H2. The van der Waals surface area contributed by atoms with E-state index in [-0.39, 0.29) is 12.3 Å². The third-order valence-corrected chi connectivity index (χ3v) is 3.60. The van der Waals surface area contributed by atoms with Gasteiger partial charge in [0.05, 0.1) is 6.10 Å². The summed E-state index contributed by atoms with van der Waals surface area (Å²) in [7, 11) is 0. The summed E-state index contributed by atoms with van der Waals surface area (Å²) in [6.45, 7) is 1.51. The lowest BCUT2D eigenvalue weighted by Gasteiger charge is -2.28. The molecule has 0 aromatic heterocycles. The lowest BCUT2D eigenvalue weighted by Crippen LogP contribution is -2.31. The number of aliphatic hydroxyl groups excluding tert-OH is 1. The van der Waals surface area contributed by atoms with Gasteiger partial charge in [-0.25, -0.2) is 0 Å². The second-order valence-electron chi connectivity index (χ2n) is 5.13. The van der Waals surface area contributed by atoms with Gasteiger partial charge in [-0.3, -0.25) is 4.90 Å². The summed E-state index contributed by atoms with van der Waals surface area (Å²) in [5.74, 6) is 0.850. The first-order valence-electron chi connectivity index (χ1n) is 7.02. The second-order valence-corrected chi connectivity index (χ2v) is 5.13. The molecule has 0 saturated carbocycles. The number of likely N-dealkylation sites (tertiary alicyclic amines) is 1. The Morgan fingerprint density at radius 2 is 1.65 bits per heavy atom. The van der Waals surface area contributed by atoms with Gasteiger partial charge < -0.3 is 9.84 Å². The molecule has 2 atom stereocenters. The van der Waals surface area contributed by atoms with Gasteiger partial charge in [0.2, 0.25) is 0 Å². The van der Waals surface area contributed by atoms with Crippen LogP contribution < -0.4 is 4.74 Å². The van der Waals surface area contributed by atoms with Gasteiger partial charge in [0, 0.05) is 18.7 Å². The molecule has 20 heavy (non-hydrogen) atoms. The van der Waals surface area contributed by atoms with Crippen LogP contribution in [0.25, 0.3) is 0 Å². The molecule has 0 bridgehead atoms. The maximum atomic E-state index is 9.76. The van der Waals surface area contributed by atoms with Gasteiger partial charge >= 0.3 is 0 Å². The van der Waals surface area contributed by atoms with Crippen LogP contribution in [0.5, 0.6) is 5.75 Å². The van der Waals surface area contributed by atoms with Gasteiger partial charge in [-0.1, -0.05) is 48.5 Å². The van der Waals surface area contributed by atoms with Crippen LogP contribution in [0.15, 0.2) is 60.7 Å². The predicted molar refractivity (Wildman–Crippen MR) is 78.4 cm³/mol. The molecular formula is C17H19NO2. The topological polar surface area (TPSA) is 32.7 Å². The zero-order valence-electron chi connectivity index (χ0n) is 11.4. The van der Waals surface area contributed by atoms with E-state index in [0.717, 1.165) is 24.3 Å². The Bertz CT molecular complexity index is 529. The molecule has 0 radical (unpaired) electrons. The van der Waals surface area contributed by atoms with Crippen molar-refractivity contribution < 1.29 is 9.84 Å². The highest BCUT2D eigenvalue weighted by atomic mass is 16.5. The Morgan fingerprint density at radius 1 is 1.00 bits per heavy atom. The fourth-order valence-corrected chi connectivity index (χ4v) is 2.58. The zero-order chi connectivity index (χ0) is 13.8. The number of benzene rings is 2. The van der Waals surface area contributed by atoms with Crippen LogP contribution in [0.1, 0.15) is 18.2 Å². The quantitative estimate of drug-likeness (QED) is 0.926. The molecule has 1 heterocycles. The Morgan fingerprint density at radius 3 is 2.25 bits per heavy atom. The van der Waals surface area contributed by atoms with Crippen molar-refractivity contribution in [3.63, 3.8) is 0 Å². The molecule has 104 valence electrons. The zero-order valence-corrected chi connectivity index (χ0v) is 11.4. The van der Waals surface area contributed by atoms with Gasteiger partial charge in [-0.05, 0) is 18.6 Å². The fraction of sp³-hybridized carbons (Fsp3) is 0.294. The minimum Gasteiger partial charge on any atom is -0.471 e. The first-order valence-corrected chi connectivity index (χ1v) is 7.02. The summed E-state index contributed by atoms with van der Waals surface area (Å²) in [4.78, 5) is 2.19. The van der Waals surface area contributed by atoms with E-state index in [1.807, 2.05) is 48.5 Å². The van der Waals surface area contributed by atoms with Crippen LogP contribution in [0.3, 0.4) is 0 Å². The molecule has 3 heteroatoms. The summed E-state index contributed by atoms with van der Waals surface area (Å²) in [6, 6.07) is 20.0. The maximum absolute atomic E-state index is 9.76. The first-order chi connectivity index (χ1) is 9.83. The second kappa shape index (κ2) is 6.07. The van der Waals surface area contributed by atoms with Gasteiger partial charge in [0.1, 0.15) is 5.75 Å². The van der Waals surface area contributed by atoms with Crippen LogP contribution in [0.4, 0.5) is 0 Å². The molecule has 0 aliphatic carbocycles. The summed E-state index contributed by atoms with van der Waals surface area (Å²) >= 11 is 0. The average molecular weight is 269 g/mol. The summed E-state index contributed by atoms with van der Waals surface area (Å²) in [5, 5.41) is 9.76. The van der Waals surface area contributed by atoms with E-state index in [0.29, 0.717) is 6.54 Å². The van der Waals surface area contributed by atoms with Crippen LogP contribution >= 0.6 is 0 Å². The lowest BCUT2D eigenvalue weighted by molar-refractivity contribution is 0.0316. The van der Waals surface area contributed by atoms with Crippen molar-refractivity contribution in [3.8, 4) is 5.75 Å². The normalized spacial score (nSPS) is 20.8. The van der Waals surface area contributed by atoms with E-state index in [1.54, 1.807) is 0 Å². The fourth-order valence-electron chi connectivity index (χ4n) is 2.58. The van der Waals surface area contributed by atoms with E-state index in [9.17, 15) is 5.11 Å². The number of para-hydroxylation sites is 1. The molecule has 3 nitrogen and oxygen atoms in total. The molecular weight excluding hydrogens is 250 g/mol. The van der Waals surface area contributed by atoms with Crippen LogP contribution in [-0.2, 0) is 0 Å². The van der Waals surface area contributed by atoms with E-state index in [2.05, 4.69) is 17.0 Å². The number of hydrogen-bond donors (Lipinski definition) is 1. The molecule has 1 aliphatic rings. The average Bonchev–Trinajstić information content (AvgIpc) is 2.93. The summed E-state index contributed by atoms with van der Waals surface area (Å²) in [6.07, 6.45) is 0.415. The Labute approximate surface area is 119 Å². The third-order valence-electron chi connectivity index (χ3n) is 3.60. The SMILES string of the molecule is OC1CCN(C(Oc2ccccc2)c2ccccc2)C1. The highest BCUT2D eigenvalue weighted by Crippen LogP contribution is 2.28. The van der Waals surface area contributed by atoms with Crippen LogP contribution in [0.2, 0.25) is 0 Å². The molecule has 1 saturated heterocycles. The molecule has 0 amide bonds. The van der Waals surface area contributed by atoms with Gasteiger partial charge in [-0.2, -0.15) is 0 Å². The van der Waals surface area contributed by atoms with Crippen molar-refractivity contribution in [2.24, 2.45) is 0 Å². The molecule has 1 N–H and O–H groups in total. The minimum absolute atomic E-state index is 0.143. The number of ether oxygens (including phenoxy) is 1. The molecule has 3 rings (SSSR count). The van der Waals surface area contributed by atoms with Crippen molar-refractivity contribution in [1.29, 1.82) is 0 Å². The van der Waals surface area contributed by atoms with Crippen molar-refractivity contribution in [1.82, 2.24) is 4.90 Å². The Kier molecular flexibility index (Phi) is 4.00. The largest absolute Gasteiger partial charge is 0.471 e. The lowest BCUT2D eigenvalue weighted by atomic mass is 10.2. The molecule has 0 spiro atoms. The molecule has 2 aromatic carbocycles. The van der Waals surface area contributed by atoms with E-state index in [1.165, 1.54) is 0 Å². The predicted octanol–water partition coefficient (Wildman–Crippen LogP) is 2.83. The van der Waals surface area contributed by atoms with Crippen LogP contribution in [-0.4, -0.2) is 29.2 Å². The van der Waals surface area contributed by atoms with Crippen molar-refractivity contribution in [3.05, 3.63) is 66.2 Å². The number of β-amino-alcohol motifs (C(OH)–C–C–N with tert-alkyl or cyclic N) is 1. The van der Waals surface area contributed by atoms with Crippen LogP contribution in [0, 0.1) is 0 Å². The smallest absolute Gasteiger partial charge is 0.179 e. The highest BCUT2D eigenvalue weighted by molar-refractivity contribution is 5.24.